The minimum absolute atomic E-state index is 0.234. The van der Waals surface area contributed by atoms with Crippen LogP contribution in [0.15, 0.2) is 30.3 Å². The van der Waals surface area contributed by atoms with Gasteiger partial charge in [-0.05, 0) is 12.0 Å². The van der Waals surface area contributed by atoms with Crippen molar-refractivity contribution >= 4 is 17.9 Å². The van der Waals surface area contributed by atoms with Crippen molar-refractivity contribution in [3.05, 3.63) is 35.9 Å². The second-order valence-corrected chi connectivity index (χ2v) is 3.92. The number of alkyl halides is 1. The number of carbonyl (C=O) groups is 1. The first kappa shape index (κ1) is 7.81. The van der Waals surface area contributed by atoms with E-state index in [2.05, 4.69) is 0 Å². The van der Waals surface area contributed by atoms with Crippen molar-refractivity contribution in [2.75, 3.05) is 0 Å². The Balaban J connectivity index is 2.21. The smallest absolute Gasteiger partial charge is 0.141 e. The van der Waals surface area contributed by atoms with E-state index < -0.39 is 4.87 Å². The Bertz CT molecular complexity index is 296. The van der Waals surface area contributed by atoms with Gasteiger partial charge in [0.2, 0.25) is 0 Å². The number of carbonyl (C=O) groups excluding carboxylic acids is 1. The summed E-state index contributed by atoms with van der Waals surface area (Å²) in [5.41, 5.74) is 1.17. The molecule has 0 aromatic heterocycles. The van der Waals surface area contributed by atoms with E-state index in [0.29, 0.717) is 0 Å². The molecule has 2 heteroatoms. The standard InChI is InChI=1S/C10H9ClO/c11-10(7-12)6-9(10)8-4-2-1-3-5-8/h1-5,7,9H,6H2/t9-,10+/m0/s1. The maximum Gasteiger partial charge on any atom is 0.141 e. The number of hydrogen-bond acceptors (Lipinski definition) is 1. The molecular formula is C10H9ClO. The summed E-state index contributed by atoms with van der Waals surface area (Å²) in [7, 11) is 0. The Kier molecular flexibility index (Phi) is 1.69. The van der Waals surface area contributed by atoms with Gasteiger partial charge in [-0.1, -0.05) is 30.3 Å². The van der Waals surface area contributed by atoms with E-state index in [9.17, 15) is 4.79 Å². The van der Waals surface area contributed by atoms with Crippen molar-refractivity contribution in [2.24, 2.45) is 0 Å². The van der Waals surface area contributed by atoms with Gasteiger partial charge in [0.1, 0.15) is 11.2 Å². The quantitative estimate of drug-likeness (QED) is 0.505. The van der Waals surface area contributed by atoms with Crippen LogP contribution in [-0.4, -0.2) is 11.2 Å². The molecule has 0 heterocycles. The van der Waals surface area contributed by atoms with E-state index >= 15 is 0 Å². The number of benzene rings is 1. The summed E-state index contributed by atoms with van der Waals surface area (Å²) in [4.78, 5) is 9.94. The van der Waals surface area contributed by atoms with Crippen molar-refractivity contribution in [1.29, 1.82) is 0 Å². The normalized spacial score (nSPS) is 32.9. The van der Waals surface area contributed by atoms with Crippen molar-refractivity contribution < 1.29 is 4.79 Å². The zero-order valence-corrected chi connectivity index (χ0v) is 7.29. The van der Waals surface area contributed by atoms with Gasteiger partial charge in [0, 0.05) is 5.92 Å². The van der Waals surface area contributed by atoms with Gasteiger partial charge in [-0.25, -0.2) is 0 Å². The largest absolute Gasteiger partial charge is 0.301 e. The maximum atomic E-state index is 10.5. The Labute approximate surface area is 76.4 Å². The topological polar surface area (TPSA) is 17.1 Å². The third-order valence-corrected chi connectivity index (χ3v) is 2.84. The van der Waals surface area contributed by atoms with Crippen molar-refractivity contribution in [2.45, 2.75) is 17.2 Å². The highest BCUT2D eigenvalue weighted by Crippen LogP contribution is 2.54. The first-order valence-electron chi connectivity index (χ1n) is 3.96. The van der Waals surface area contributed by atoms with Gasteiger partial charge in [0.15, 0.2) is 0 Å². The van der Waals surface area contributed by atoms with E-state index in [0.717, 1.165) is 12.7 Å². The van der Waals surface area contributed by atoms with Gasteiger partial charge in [-0.3, -0.25) is 0 Å². The molecule has 62 valence electrons. The van der Waals surface area contributed by atoms with E-state index in [1.807, 2.05) is 30.3 Å². The monoisotopic (exact) mass is 180 g/mol. The van der Waals surface area contributed by atoms with Gasteiger partial charge in [0.05, 0.1) is 0 Å². The number of halogens is 1. The lowest BCUT2D eigenvalue weighted by molar-refractivity contribution is -0.108. The lowest BCUT2D eigenvalue weighted by Gasteiger charge is -1.99. The fourth-order valence-corrected chi connectivity index (χ4v) is 1.74. The molecule has 0 saturated heterocycles. The van der Waals surface area contributed by atoms with E-state index in [1.165, 1.54) is 5.56 Å². The molecule has 1 fully saturated rings. The van der Waals surface area contributed by atoms with Gasteiger partial charge in [0.25, 0.3) is 0 Å². The molecular weight excluding hydrogens is 172 g/mol. The third kappa shape index (κ3) is 1.14. The van der Waals surface area contributed by atoms with Crippen LogP contribution in [0.25, 0.3) is 0 Å². The SMILES string of the molecule is O=C[C@]1(Cl)C[C@H]1c1ccccc1. The van der Waals surface area contributed by atoms with Crippen LogP contribution in [-0.2, 0) is 4.79 Å². The van der Waals surface area contributed by atoms with Gasteiger partial charge in [-0.2, -0.15) is 0 Å². The first-order valence-corrected chi connectivity index (χ1v) is 4.34. The zero-order chi connectivity index (χ0) is 8.60. The van der Waals surface area contributed by atoms with Crippen molar-refractivity contribution in [3.8, 4) is 0 Å². The minimum atomic E-state index is -0.596. The van der Waals surface area contributed by atoms with Gasteiger partial charge in [-0.15, -0.1) is 11.6 Å². The van der Waals surface area contributed by atoms with Gasteiger partial charge < -0.3 is 4.79 Å². The average Bonchev–Trinajstić information content (AvgIpc) is 2.81. The molecule has 0 spiro atoms. The molecule has 1 aliphatic carbocycles. The lowest BCUT2D eigenvalue weighted by Crippen LogP contribution is -2.02. The fourth-order valence-electron chi connectivity index (χ4n) is 1.46. The minimum Gasteiger partial charge on any atom is -0.301 e. The predicted molar refractivity (Wildman–Crippen MR) is 48.4 cm³/mol. The van der Waals surface area contributed by atoms with E-state index in [-0.39, 0.29) is 5.92 Å². The molecule has 1 nitrogen and oxygen atoms in total. The summed E-state index contributed by atoms with van der Waals surface area (Å²) >= 11 is 5.96. The third-order valence-electron chi connectivity index (χ3n) is 2.33. The van der Waals surface area contributed by atoms with Crippen LogP contribution in [0.3, 0.4) is 0 Å². The predicted octanol–water partition coefficient (Wildman–Crippen LogP) is 2.35. The fraction of sp³-hybridized carbons (Fsp3) is 0.300. The van der Waals surface area contributed by atoms with Crippen molar-refractivity contribution in [1.82, 2.24) is 0 Å². The Morgan fingerprint density at radius 1 is 1.42 bits per heavy atom. The maximum absolute atomic E-state index is 10.5. The molecule has 12 heavy (non-hydrogen) atoms. The molecule has 2 atom stereocenters. The Morgan fingerprint density at radius 3 is 2.58 bits per heavy atom. The molecule has 1 aromatic carbocycles. The molecule has 1 aromatic rings. The molecule has 0 radical (unpaired) electrons. The summed E-state index contributed by atoms with van der Waals surface area (Å²) in [6.45, 7) is 0. The first-order chi connectivity index (χ1) is 5.76. The molecule has 2 rings (SSSR count). The van der Waals surface area contributed by atoms with Gasteiger partial charge >= 0.3 is 0 Å². The van der Waals surface area contributed by atoms with Crippen LogP contribution in [0, 0.1) is 0 Å². The van der Waals surface area contributed by atoms with Crippen LogP contribution in [0.4, 0.5) is 0 Å². The average molecular weight is 181 g/mol. The molecule has 0 aliphatic heterocycles. The summed E-state index contributed by atoms with van der Waals surface area (Å²) in [6, 6.07) is 9.92. The number of rotatable bonds is 2. The van der Waals surface area contributed by atoms with Crippen molar-refractivity contribution in [3.63, 3.8) is 0 Å². The van der Waals surface area contributed by atoms with Crippen LogP contribution in [0.2, 0.25) is 0 Å². The molecule has 1 aliphatic rings. The summed E-state index contributed by atoms with van der Waals surface area (Å²) in [5.74, 6) is 0.234. The Morgan fingerprint density at radius 2 is 2.08 bits per heavy atom. The highest BCUT2D eigenvalue weighted by Gasteiger charge is 2.53. The number of hydrogen-bond donors (Lipinski definition) is 0. The second-order valence-electron chi connectivity index (χ2n) is 3.21. The molecule has 1 saturated carbocycles. The molecule has 0 bridgehead atoms. The lowest BCUT2D eigenvalue weighted by atomic mass is 10.1. The Hall–Kier alpha value is -0.820. The summed E-state index contributed by atoms with van der Waals surface area (Å²) < 4.78 is 0. The highest BCUT2D eigenvalue weighted by atomic mass is 35.5. The van der Waals surface area contributed by atoms with Crippen LogP contribution < -0.4 is 0 Å². The van der Waals surface area contributed by atoms with Crippen LogP contribution >= 0.6 is 11.6 Å². The van der Waals surface area contributed by atoms with Crippen LogP contribution in [0.1, 0.15) is 17.9 Å². The molecule has 0 unspecified atom stereocenters. The molecule has 0 N–H and O–H groups in total. The second kappa shape index (κ2) is 2.60. The summed E-state index contributed by atoms with van der Waals surface area (Å²) in [5, 5.41) is 0. The zero-order valence-electron chi connectivity index (χ0n) is 6.53. The summed E-state index contributed by atoms with van der Waals surface area (Å²) in [6.07, 6.45) is 1.63. The van der Waals surface area contributed by atoms with E-state index in [1.54, 1.807) is 0 Å². The number of aldehydes is 1. The highest BCUT2D eigenvalue weighted by molar-refractivity contribution is 6.35. The molecule has 0 amide bonds. The van der Waals surface area contributed by atoms with E-state index in [4.69, 9.17) is 11.6 Å². The van der Waals surface area contributed by atoms with Crippen LogP contribution in [0.5, 0.6) is 0 Å².